The molecule has 1 aromatic heterocycles. The Labute approximate surface area is 185 Å². The van der Waals surface area contributed by atoms with Crippen molar-refractivity contribution in [2.45, 2.75) is 13.0 Å². The van der Waals surface area contributed by atoms with E-state index in [1.807, 2.05) is 31.2 Å². The molecule has 0 spiro atoms. The Hall–Kier alpha value is -3.90. The number of ether oxygens (including phenoxy) is 2. The molecule has 1 heterocycles. The standard InChI is InChI=1S/C26H24O6/c1-4-8-18(5-2)15-30-16-24(26(28)29)31-19-11-12-21-22(14-25(27)32-23(21)13-19)20-10-7-6-9-17(20)3/h4-14,24H,1-2,15-16H2,3H3,(H,28,29)/b18-8+. The highest BCUT2D eigenvalue weighted by atomic mass is 16.6. The average Bonchev–Trinajstić information content (AvgIpc) is 2.77. The van der Waals surface area contributed by atoms with Crippen LogP contribution in [-0.2, 0) is 9.53 Å². The highest BCUT2D eigenvalue weighted by molar-refractivity contribution is 5.94. The molecule has 164 valence electrons. The van der Waals surface area contributed by atoms with Gasteiger partial charge in [-0.2, -0.15) is 0 Å². The summed E-state index contributed by atoms with van der Waals surface area (Å²) in [6, 6.07) is 14.1. The van der Waals surface area contributed by atoms with Crippen LogP contribution in [0.25, 0.3) is 22.1 Å². The second-order valence-electron chi connectivity index (χ2n) is 7.09. The fourth-order valence-corrected chi connectivity index (χ4v) is 3.24. The summed E-state index contributed by atoms with van der Waals surface area (Å²) in [4.78, 5) is 23.8. The van der Waals surface area contributed by atoms with Crippen molar-refractivity contribution < 1.29 is 23.8 Å². The van der Waals surface area contributed by atoms with Gasteiger partial charge in [0.2, 0.25) is 6.10 Å². The van der Waals surface area contributed by atoms with E-state index < -0.39 is 17.7 Å². The largest absolute Gasteiger partial charge is 0.478 e. The van der Waals surface area contributed by atoms with Crippen LogP contribution < -0.4 is 10.4 Å². The Kier molecular flexibility index (Phi) is 7.41. The minimum absolute atomic E-state index is 0.176. The molecule has 0 fully saturated rings. The summed E-state index contributed by atoms with van der Waals surface area (Å²) in [7, 11) is 0. The zero-order chi connectivity index (χ0) is 23.1. The van der Waals surface area contributed by atoms with Crippen LogP contribution in [0.4, 0.5) is 0 Å². The maximum Gasteiger partial charge on any atom is 0.347 e. The van der Waals surface area contributed by atoms with Crippen LogP contribution in [0.5, 0.6) is 5.75 Å². The van der Waals surface area contributed by atoms with Crippen LogP contribution in [0.2, 0.25) is 0 Å². The van der Waals surface area contributed by atoms with E-state index in [0.717, 1.165) is 27.6 Å². The molecule has 1 atom stereocenters. The molecule has 0 aliphatic heterocycles. The fourth-order valence-electron chi connectivity index (χ4n) is 3.24. The highest BCUT2D eigenvalue weighted by Crippen LogP contribution is 2.31. The number of aryl methyl sites for hydroxylation is 1. The third kappa shape index (κ3) is 5.42. The number of aliphatic carboxylic acids is 1. The molecule has 6 heteroatoms. The molecule has 0 saturated heterocycles. The fraction of sp³-hybridized carbons (Fsp3) is 0.154. The molecule has 0 bridgehead atoms. The number of carbonyl (C=O) groups is 1. The Morgan fingerprint density at radius 1 is 1.16 bits per heavy atom. The molecule has 0 aliphatic rings. The predicted molar refractivity (Wildman–Crippen MR) is 124 cm³/mol. The summed E-state index contributed by atoms with van der Waals surface area (Å²) in [5.74, 6) is -0.919. The van der Waals surface area contributed by atoms with Gasteiger partial charge in [-0.15, -0.1) is 0 Å². The lowest BCUT2D eigenvalue weighted by Gasteiger charge is -2.16. The van der Waals surface area contributed by atoms with Crippen molar-refractivity contribution in [3.8, 4) is 16.9 Å². The molecule has 0 saturated carbocycles. The van der Waals surface area contributed by atoms with Crippen molar-refractivity contribution in [2.75, 3.05) is 13.2 Å². The van der Waals surface area contributed by atoms with Crippen molar-refractivity contribution >= 4 is 16.9 Å². The molecule has 0 radical (unpaired) electrons. The molecule has 3 aromatic rings. The average molecular weight is 432 g/mol. The number of rotatable bonds is 10. The molecular weight excluding hydrogens is 408 g/mol. The maximum atomic E-state index is 12.2. The number of hydrogen-bond acceptors (Lipinski definition) is 5. The zero-order valence-corrected chi connectivity index (χ0v) is 17.7. The van der Waals surface area contributed by atoms with Gasteiger partial charge in [-0.05, 0) is 35.8 Å². The lowest BCUT2D eigenvalue weighted by Crippen LogP contribution is -2.32. The van der Waals surface area contributed by atoms with Crippen molar-refractivity contribution in [2.24, 2.45) is 0 Å². The summed E-state index contributed by atoms with van der Waals surface area (Å²) in [5.41, 5.74) is 3.25. The van der Waals surface area contributed by atoms with E-state index in [-0.39, 0.29) is 19.0 Å². The van der Waals surface area contributed by atoms with Gasteiger partial charge in [-0.25, -0.2) is 9.59 Å². The first-order valence-electron chi connectivity index (χ1n) is 9.98. The summed E-state index contributed by atoms with van der Waals surface area (Å²) in [6.07, 6.45) is 3.68. The third-order valence-electron chi connectivity index (χ3n) is 4.84. The zero-order valence-electron chi connectivity index (χ0n) is 17.7. The molecule has 0 aliphatic carbocycles. The summed E-state index contributed by atoms with van der Waals surface area (Å²) >= 11 is 0. The van der Waals surface area contributed by atoms with Crippen LogP contribution >= 0.6 is 0 Å². The molecule has 6 nitrogen and oxygen atoms in total. The molecule has 0 amide bonds. The normalized spacial score (nSPS) is 12.3. The van der Waals surface area contributed by atoms with Crippen molar-refractivity contribution in [1.82, 2.24) is 0 Å². The number of carboxylic acid groups (broad SMARTS) is 1. The van der Waals surface area contributed by atoms with E-state index in [0.29, 0.717) is 5.58 Å². The number of fused-ring (bicyclic) bond motifs is 1. The summed E-state index contributed by atoms with van der Waals surface area (Å²) in [5, 5.41) is 10.2. The predicted octanol–water partition coefficient (Wildman–Crippen LogP) is 4.92. The topological polar surface area (TPSA) is 86.0 Å². The van der Waals surface area contributed by atoms with Crippen LogP contribution in [0.1, 0.15) is 5.56 Å². The van der Waals surface area contributed by atoms with Gasteiger partial charge >= 0.3 is 11.6 Å². The Morgan fingerprint density at radius 3 is 2.62 bits per heavy atom. The second-order valence-corrected chi connectivity index (χ2v) is 7.09. The smallest absolute Gasteiger partial charge is 0.347 e. The third-order valence-corrected chi connectivity index (χ3v) is 4.84. The first-order chi connectivity index (χ1) is 15.4. The lowest BCUT2D eigenvalue weighted by molar-refractivity contribution is -0.147. The van der Waals surface area contributed by atoms with E-state index >= 15 is 0 Å². The number of benzene rings is 2. The quantitative estimate of drug-likeness (QED) is 0.362. The van der Waals surface area contributed by atoms with Crippen molar-refractivity contribution in [1.29, 1.82) is 0 Å². The first-order valence-corrected chi connectivity index (χ1v) is 9.98. The monoisotopic (exact) mass is 432 g/mol. The molecule has 1 N–H and O–H groups in total. The highest BCUT2D eigenvalue weighted by Gasteiger charge is 2.21. The summed E-state index contributed by atoms with van der Waals surface area (Å²) < 4.78 is 16.4. The minimum atomic E-state index is -1.24. The van der Waals surface area contributed by atoms with Gasteiger partial charge in [0.15, 0.2) is 0 Å². The van der Waals surface area contributed by atoms with E-state index in [1.165, 1.54) is 12.1 Å². The van der Waals surface area contributed by atoms with E-state index in [4.69, 9.17) is 13.9 Å². The number of allylic oxidation sites excluding steroid dienone is 2. The summed E-state index contributed by atoms with van der Waals surface area (Å²) in [6.45, 7) is 9.24. The Morgan fingerprint density at radius 2 is 1.94 bits per heavy atom. The first kappa shape index (κ1) is 22.8. The molecule has 1 unspecified atom stereocenters. The van der Waals surface area contributed by atoms with Crippen LogP contribution in [0.15, 0.2) is 94.7 Å². The Balaban J connectivity index is 1.86. The molecule has 2 aromatic carbocycles. The Bertz CT molecular complexity index is 1230. The van der Waals surface area contributed by atoms with Crippen LogP contribution in [0, 0.1) is 6.92 Å². The molecule has 32 heavy (non-hydrogen) atoms. The number of hydrogen-bond donors (Lipinski definition) is 1. The van der Waals surface area contributed by atoms with E-state index in [1.54, 1.807) is 30.4 Å². The minimum Gasteiger partial charge on any atom is -0.478 e. The van der Waals surface area contributed by atoms with E-state index in [2.05, 4.69) is 13.2 Å². The molecule has 3 rings (SSSR count). The lowest BCUT2D eigenvalue weighted by atomic mass is 9.98. The van der Waals surface area contributed by atoms with Crippen LogP contribution in [-0.4, -0.2) is 30.4 Å². The van der Waals surface area contributed by atoms with Crippen molar-refractivity contribution in [3.05, 3.63) is 101 Å². The van der Waals surface area contributed by atoms with Crippen molar-refractivity contribution in [3.63, 3.8) is 0 Å². The van der Waals surface area contributed by atoms with Gasteiger partial charge in [0.25, 0.3) is 0 Å². The van der Waals surface area contributed by atoms with Gasteiger partial charge in [0, 0.05) is 23.1 Å². The molecular formula is C26H24O6. The van der Waals surface area contributed by atoms with Gasteiger partial charge in [-0.3, -0.25) is 0 Å². The van der Waals surface area contributed by atoms with Gasteiger partial charge in [-0.1, -0.05) is 55.7 Å². The van der Waals surface area contributed by atoms with Gasteiger partial charge < -0.3 is 19.0 Å². The van der Waals surface area contributed by atoms with Gasteiger partial charge in [0.1, 0.15) is 11.3 Å². The second kappa shape index (κ2) is 10.4. The van der Waals surface area contributed by atoms with Crippen LogP contribution in [0.3, 0.4) is 0 Å². The number of carboxylic acids is 1. The van der Waals surface area contributed by atoms with E-state index in [9.17, 15) is 14.7 Å². The van der Waals surface area contributed by atoms with Gasteiger partial charge in [0.05, 0.1) is 13.2 Å². The SMILES string of the molecule is C=C/C=C(\C=C)COCC(Oc1ccc2c(-c3ccccc3C)cc(=O)oc2c1)C(=O)O. The maximum absolute atomic E-state index is 12.2.